The van der Waals surface area contributed by atoms with Gasteiger partial charge in [-0.3, -0.25) is 4.79 Å². The predicted octanol–water partition coefficient (Wildman–Crippen LogP) is 2.71. The third-order valence-corrected chi connectivity index (χ3v) is 5.81. The highest BCUT2D eigenvalue weighted by atomic mass is 32.1. The van der Waals surface area contributed by atoms with Crippen LogP contribution in [-0.4, -0.2) is 31.9 Å². The Morgan fingerprint density at radius 2 is 1.32 bits per heavy atom. The Labute approximate surface area is 134 Å². The van der Waals surface area contributed by atoms with Gasteiger partial charge in [0.05, 0.1) is 14.2 Å². The van der Waals surface area contributed by atoms with Gasteiger partial charge in [-0.25, -0.2) is 9.59 Å². The summed E-state index contributed by atoms with van der Waals surface area (Å²) in [6.45, 7) is 0. The van der Waals surface area contributed by atoms with Crippen molar-refractivity contribution in [3.8, 4) is 0 Å². The Morgan fingerprint density at radius 3 is 1.68 bits per heavy atom. The molecule has 0 spiro atoms. The van der Waals surface area contributed by atoms with Crippen LogP contribution in [0.25, 0.3) is 0 Å². The molecule has 1 aliphatic carbocycles. The Morgan fingerprint density at radius 1 is 0.909 bits per heavy atom. The molecular formula is C15H12O5S2. The highest BCUT2D eigenvalue weighted by Crippen LogP contribution is 2.35. The summed E-state index contributed by atoms with van der Waals surface area (Å²) < 4.78 is 9.40. The summed E-state index contributed by atoms with van der Waals surface area (Å²) in [6, 6.07) is 3.16. The Kier molecular flexibility index (Phi) is 3.84. The molecule has 0 aliphatic heterocycles. The Bertz CT molecular complexity index is 720. The van der Waals surface area contributed by atoms with Gasteiger partial charge in [0.25, 0.3) is 0 Å². The Balaban J connectivity index is 2.03. The van der Waals surface area contributed by atoms with Crippen molar-refractivity contribution in [3.63, 3.8) is 0 Å². The van der Waals surface area contributed by atoms with Gasteiger partial charge in [-0.2, -0.15) is 0 Å². The van der Waals surface area contributed by atoms with Crippen LogP contribution in [0, 0.1) is 0 Å². The molecule has 0 fully saturated rings. The van der Waals surface area contributed by atoms with Crippen molar-refractivity contribution < 1.29 is 23.9 Å². The fourth-order valence-electron chi connectivity index (χ4n) is 2.39. The molecule has 5 nitrogen and oxygen atoms in total. The predicted molar refractivity (Wildman–Crippen MR) is 82.2 cm³/mol. The Hall–Kier alpha value is -1.99. The van der Waals surface area contributed by atoms with Gasteiger partial charge < -0.3 is 9.47 Å². The number of ether oxygens (including phenoxy) is 2. The second kappa shape index (κ2) is 5.66. The van der Waals surface area contributed by atoms with Crippen LogP contribution in [0.15, 0.2) is 12.1 Å². The maximum absolute atomic E-state index is 12.7. The molecule has 0 saturated carbocycles. The summed E-state index contributed by atoms with van der Waals surface area (Å²) in [5.41, 5.74) is 1.05. The van der Waals surface area contributed by atoms with Gasteiger partial charge in [-0.1, -0.05) is 0 Å². The highest BCUT2D eigenvalue weighted by Gasteiger charge is 2.28. The fourth-order valence-corrected chi connectivity index (χ4v) is 4.54. The van der Waals surface area contributed by atoms with Gasteiger partial charge >= 0.3 is 11.9 Å². The number of aryl methyl sites for hydroxylation is 2. The highest BCUT2D eigenvalue weighted by molar-refractivity contribution is 7.15. The SMILES string of the molecule is COC(=O)c1cc2c(s1)CCc1sc(C(=O)OC)cc1C2=O. The van der Waals surface area contributed by atoms with Gasteiger partial charge in [0.1, 0.15) is 9.75 Å². The van der Waals surface area contributed by atoms with Gasteiger partial charge in [-0.05, 0) is 25.0 Å². The molecule has 0 atom stereocenters. The first-order chi connectivity index (χ1) is 10.5. The van der Waals surface area contributed by atoms with E-state index < -0.39 is 11.9 Å². The largest absolute Gasteiger partial charge is 0.465 e. The topological polar surface area (TPSA) is 69.7 Å². The fraction of sp³-hybridized carbons (Fsp3) is 0.267. The van der Waals surface area contributed by atoms with E-state index >= 15 is 0 Å². The first kappa shape index (κ1) is 14.9. The summed E-state index contributed by atoms with van der Waals surface area (Å²) in [5, 5.41) is 0. The van der Waals surface area contributed by atoms with E-state index in [-0.39, 0.29) is 5.78 Å². The maximum atomic E-state index is 12.7. The van der Waals surface area contributed by atoms with Crippen LogP contribution in [-0.2, 0) is 22.3 Å². The minimum Gasteiger partial charge on any atom is -0.465 e. The zero-order valence-corrected chi connectivity index (χ0v) is 13.6. The maximum Gasteiger partial charge on any atom is 0.348 e. The smallest absolute Gasteiger partial charge is 0.348 e. The molecule has 0 N–H and O–H groups in total. The number of rotatable bonds is 2. The average Bonchev–Trinajstić information content (AvgIpc) is 3.12. The molecule has 2 heterocycles. The quantitative estimate of drug-likeness (QED) is 0.789. The van der Waals surface area contributed by atoms with E-state index in [0.29, 0.717) is 33.7 Å². The minimum absolute atomic E-state index is 0.152. The van der Waals surface area contributed by atoms with Crippen molar-refractivity contribution in [2.75, 3.05) is 14.2 Å². The molecule has 114 valence electrons. The van der Waals surface area contributed by atoms with E-state index in [1.807, 2.05) is 0 Å². The van der Waals surface area contributed by atoms with Crippen molar-refractivity contribution in [2.45, 2.75) is 12.8 Å². The molecule has 1 aliphatic rings. The van der Waals surface area contributed by atoms with Gasteiger partial charge in [0.15, 0.2) is 5.78 Å². The summed E-state index contributed by atoms with van der Waals surface area (Å²) >= 11 is 2.58. The average molecular weight is 336 g/mol. The van der Waals surface area contributed by atoms with Gasteiger partial charge in [0.2, 0.25) is 0 Å². The molecule has 0 radical (unpaired) electrons. The van der Waals surface area contributed by atoms with Crippen LogP contribution >= 0.6 is 22.7 Å². The third kappa shape index (κ3) is 2.36. The number of hydrogen-bond donors (Lipinski definition) is 0. The number of thiophene rings is 2. The van der Waals surface area contributed by atoms with E-state index in [4.69, 9.17) is 9.47 Å². The zero-order valence-electron chi connectivity index (χ0n) is 11.9. The van der Waals surface area contributed by atoms with Crippen LogP contribution in [0.2, 0.25) is 0 Å². The van der Waals surface area contributed by atoms with E-state index in [9.17, 15) is 14.4 Å². The van der Waals surface area contributed by atoms with E-state index in [2.05, 4.69) is 0 Å². The molecule has 0 unspecified atom stereocenters. The number of carbonyl (C=O) groups is 3. The van der Waals surface area contributed by atoms with Crippen molar-refractivity contribution in [2.24, 2.45) is 0 Å². The molecule has 7 heteroatoms. The lowest BCUT2D eigenvalue weighted by Crippen LogP contribution is -2.02. The first-order valence-corrected chi connectivity index (χ1v) is 8.15. The molecular weight excluding hydrogens is 324 g/mol. The van der Waals surface area contributed by atoms with Crippen LogP contribution in [0.5, 0.6) is 0 Å². The van der Waals surface area contributed by atoms with Gasteiger partial charge in [0, 0.05) is 20.9 Å². The van der Waals surface area contributed by atoms with Crippen molar-refractivity contribution >= 4 is 40.4 Å². The number of esters is 2. The zero-order chi connectivity index (χ0) is 15.9. The second-order valence-corrected chi connectivity index (χ2v) is 6.98. The molecule has 2 aromatic heterocycles. The number of ketones is 1. The number of methoxy groups -OCH3 is 2. The van der Waals surface area contributed by atoms with Crippen LogP contribution in [0.4, 0.5) is 0 Å². The summed E-state index contributed by atoms with van der Waals surface area (Å²) in [7, 11) is 2.63. The monoisotopic (exact) mass is 336 g/mol. The van der Waals surface area contributed by atoms with Crippen molar-refractivity contribution in [1.82, 2.24) is 0 Å². The van der Waals surface area contributed by atoms with E-state index in [0.717, 1.165) is 9.75 Å². The van der Waals surface area contributed by atoms with Crippen LogP contribution < -0.4 is 0 Å². The molecule has 0 aromatic carbocycles. The first-order valence-electron chi connectivity index (χ1n) is 6.52. The molecule has 0 amide bonds. The van der Waals surface area contributed by atoms with E-state index in [1.54, 1.807) is 12.1 Å². The summed E-state index contributed by atoms with van der Waals surface area (Å²) in [4.78, 5) is 38.5. The normalized spacial score (nSPS) is 13.1. The number of carbonyl (C=O) groups excluding carboxylic acids is 3. The third-order valence-electron chi connectivity index (χ3n) is 3.46. The number of fused-ring (bicyclic) bond motifs is 2. The molecule has 2 aromatic rings. The molecule has 0 bridgehead atoms. The number of hydrogen-bond acceptors (Lipinski definition) is 7. The van der Waals surface area contributed by atoms with Crippen molar-refractivity contribution in [3.05, 3.63) is 42.8 Å². The lowest BCUT2D eigenvalue weighted by Gasteiger charge is -1.96. The summed E-state index contributed by atoms with van der Waals surface area (Å²) in [5.74, 6) is -1.03. The molecule has 22 heavy (non-hydrogen) atoms. The lowest BCUT2D eigenvalue weighted by molar-refractivity contribution is 0.0597. The minimum atomic E-state index is -0.438. The lowest BCUT2D eigenvalue weighted by atomic mass is 10.1. The van der Waals surface area contributed by atoms with Crippen LogP contribution in [0.3, 0.4) is 0 Å². The standard InChI is InChI=1S/C15H12O5S2/c1-19-14(17)11-5-7-9(21-11)3-4-10-8(13(7)16)6-12(22-10)15(18)20-2/h5-6H,3-4H2,1-2H3. The molecule has 0 saturated heterocycles. The van der Waals surface area contributed by atoms with Crippen molar-refractivity contribution in [1.29, 1.82) is 0 Å². The molecule has 3 rings (SSSR count). The van der Waals surface area contributed by atoms with E-state index in [1.165, 1.54) is 36.9 Å². The second-order valence-electron chi connectivity index (χ2n) is 4.71. The van der Waals surface area contributed by atoms with Crippen LogP contribution in [0.1, 0.15) is 45.0 Å². The summed E-state index contributed by atoms with van der Waals surface area (Å²) in [6.07, 6.45) is 1.33. The van der Waals surface area contributed by atoms with Gasteiger partial charge in [-0.15, -0.1) is 22.7 Å².